The molecule has 2 rings (SSSR count). The first-order valence-electron chi connectivity index (χ1n) is 5.91. The smallest absolute Gasteiger partial charge is 0.241 e. The van der Waals surface area contributed by atoms with Gasteiger partial charge in [-0.25, -0.2) is 0 Å². The molecule has 0 heterocycles. The zero-order valence-electron chi connectivity index (χ0n) is 9.73. The molecule has 1 aliphatic rings. The second-order valence-electron chi connectivity index (χ2n) is 4.68. The molecule has 1 aromatic carbocycles. The van der Waals surface area contributed by atoms with Gasteiger partial charge in [-0.15, -0.1) is 0 Å². The lowest BCUT2D eigenvalue weighted by Crippen LogP contribution is -2.49. The fourth-order valence-electron chi connectivity index (χ4n) is 1.94. The van der Waals surface area contributed by atoms with Gasteiger partial charge in [0.2, 0.25) is 5.91 Å². The van der Waals surface area contributed by atoms with Crippen LogP contribution in [0.25, 0.3) is 0 Å². The average Bonchev–Trinajstić information content (AvgIpc) is 2.33. The molecule has 4 nitrogen and oxygen atoms in total. The number of carbonyl (C=O) groups excluding carboxylic acids is 1. The van der Waals surface area contributed by atoms with E-state index in [0.29, 0.717) is 6.54 Å². The fraction of sp³-hybridized carbons (Fsp3) is 0.462. The number of nitrogens with two attached hydrogens (primary N) is 1. The van der Waals surface area contributed by atoms with Crippen molar-refractivity contribution in [3.8, 4) is 0 Å². The minimum absolute atomic E-state index is 0.239. The number of carbonyl (C=O) groups is 1. The first-order chi connectivity index (χ1) is 8.11. The van der Waals surface area contributed by atoms with E-state index in [1.807, 2.05) is 30.3 Å². The highest BCUT2D eigenvalue weighted by molar-refractivity contribution is 5.82. The van der Waals surface area contributed by atoms with Gasteiger partial charge in [-0.3, -0.25) is 4.79 Å². The molecule has 1 fully saturated rings. The summed E-state index contributed by atoms with van der Waals surface area (Å²) in [5.41, 5.74) is 5.91. The molecule has 0 radical (unpaired) electrons. The van der Waals surface area contributed by atoms with Crippen molar-refractivity contribution < 1.29 is 9.90 Å². The zero-order chi connectivity index (χ0) is 12.3. The summed E-state index contributed by atoms with van der Waals surface area (Å²) in [5.74, 6) is -0.239. The molecule has 0 saturated heterocycles. The molecule has 92 valence electrons. The Morgan fingerprint density at radius 2 is 2.06 bits per heavy atom. The first-order valence-corrected chi connectivity index (χ1v) is 5.91. The maximum Gasteiger partial charge on any atom is 0.241 e. The number of amides is 1. The highest BCUT2D eigenvalue weighted by Gasteiger charge is 2.34. The lowest BCUT2D eigenvalue weighted by Gasteiger charge is -2.36. The summed E-state index contributed by atoms with van der Waals surface area (Å²) in [6.45, 7) is 0.298. The van der Waals surface area contributed by atoms with Gasteiger partial charge in [0.15, 0.2) is 0 Å². The average molecular weight is 234 g/mol. The van der Waals surface area contributed by atoms with Gasteiger partial charge in [-0.2, -0.15) is 0 Å². The van der Waals surface area contributed by atoms with Gasteiger partial charge in [0.05, 0.1) is 5.60 Å². The Kier molecular flexibility index (Phi) is 3.45. The highest BCUT2D eigenvalue weighted by Crippen LogP contribution is 2.30. The van der Waals surface area contributed by atoms with Crippen LogP contribution in [0.2, 0.25) is 0 Å². The molecule has 0 aromatic heterocycles. The van der Waals surface area contributed by atoms with Crippen LogP contribution in [-0.4, -0.2) is 23.2 Å². The van der Waals surface area contributed by atoms with Crippen LogP contribution >= 0.6 is 0 Å². The molecule has 0 spiro atoms. The molecule has 17 heavy (non-hydrogen) atoms. The van der Waals surface area contributed by atoms with Crippen LogP contribution in [0, 0.1) is 0 Å². The molecule has 1 aliphatic carbocycles. The third-order valence-electron chi connectivity index (χ3n) is 3.32. The summed E-state index contributed by atoms with van der Waals surface area (Å²) < 4.78 is 0. The molecule has 1 atom stereocenters. The van der Waals surface area contributed by atoms with Gasteiger partial charge in [0, 0.05) is 6.54 Å². The monoisotopic (exact) mass is 234 g/mol. The van der Waals surface area contributed by atoms with Crippen molar-refractivity contribution >= 4 is 5.91 Å². The number of nitrogens with one attached hydrogen (secondary N) is 1. The summed E-state index contributed by atoms with van der Waals surface area (Å²) in [5, 5.41) is 12.6. The topological polar surface area (TPSA) is 75.4 Å². The van der Waals surface area contributed by atoms with Crippen LogP contribution < -0.4 is 11.1 Å². The Morgan fingerprint density at radius 1 is 1.41 bits per heavy atom. The number of aliphatic hydroxyl groups is 1. The van der Waals surface area contributed by atoms with Crippen molar-refractivity contribution in [2.45, 2.75) is 30.9 Å². The van der Waals surface area contributed by atoms with Crippen LogP contribution in [0.4, 0.5) is 0 Å². The van der Waals surface area contributed by atoms with Gasteiger partial charge in [-0.1, -0.05) is 30.3 Å². The summed E-state index contributed by atoms with van der Waals surface area (Å²) in [6.07, 6.45) is 2.54. The molecule has 1 amide bonds. The Balaban J connectivity index is 1.87. The van der Waals surface area contributed by atoms with Crippen molar-refractivity contribution in [3.63, 3.8) is 0 Å². The van der Waals surface area contributed by atoms with Crippen LogP contribution in [0.3, 0.4) is 0 Å². The van der Waals surface area contributed by atoms with E-state index >= 15 is 0 Å². The van der Waals surface area contributed by atoms with E-state index in [-0.39, 0.29) is 5.91 Å². The Labute approximate surface area is 101 Å². The molecule has 0 unspecified atom stereocenters. The van der Waals surface area contributed by atoms with E-state index in [1.54, 1.807) is 0 Å². The van der Waals surface area contributed by atoms with E-state index in [0.717, 1.165) is 24.8 Å². The standard InChI is InChI=1S/C13H18N2O2/c14-11(10-5-2-1-3-6-10)12(16)15-9-13(17)7-4-8-13/h1-3,5-6,11,17H,4,7-9,14H2,(H,15,16)/t11-/m0/s1. The lowest BCUT2D eigenvalue weighted by atomic mass is 9.80. The number of hydrogen-bond acceptors (Lipinski definition) is 3. The SMILES string of the molecule is N[C@H](C(=O)NCC1(O)CCC1)c1ccccc1. The Bertz CT molecular complexity index is 388. The molecule has 1 aromatic rings. The molecule has 1 saturated carbocycles. The van der Waals surface area contributed by atoms with Gasteiger partial charge in [0.1, 0.15) is 6.04 Å². The van der Waals surface area contributed by atoms with E-state index in [1.165, 1.54) is 0 Å². The molecule has 4 N–H and O–H groups in total. The minimum atomic E-state index is -0.702. The number of benzene rings is 1. The predicted molar refractivity (Wildman–Crippen MR) is 65.2 cm³/mol. The van der Waals surface area contributed by atoms with E-state index < -0.39 is 11.6 Å². The lowest BCUT2D eigenvalue weighted by molar-refractivity contribution is -0.124. The largest absolute Gasteiger partial charge is 0.388 e. The Morgan fingerprint density at radius 3 is 2.59 bits per heavy atom. The fourth-order valence-corrected chi connectivity index (χ4v) is 1.94. The highest BCUT2D eigenvalue weighted by atomic mass is 16.3. The first kappa shape index (κ1) is 12.1. The maximum atomic E-state index is 11.8. The van der Waals surface area contributed by atoms with E-state index in [4.69, 9.17) is 5.73 Å². The maximum absolute atomic E-state index is 11.8. The summed E-state index contributed by atoms with van der Waals surface area (Å²) in [6, 6.07) is 8.56. The molecule has 0 aliphatic heterocycles. The molecular formula is C13H18N2O2. The zero-order valence-corrected chi connectivity index (χ0v) is 9.73. The normalized spacial score (nSPS) is 19.2. The van der Waals surface area contributed by atoms with Crippen molar-refractivity contribution in [1.29, 1.82) is 0 Å². The molecule has 0 bridgehead atoms. The van der Waals surface area contributed by atoms with E-state index in [2.05, 4.69) is 5.32 Å². The summed E-state index contributed by atoms with van der Waals surface area (Å²) in [4.78, 5) is 11.8. The second-order valence-corrected chi connectivity index (χ2v) is 4.68. The van der Waals surface area contributed by atoms with E-state index in [9.17, 15) is 9.90 Å². The van der Waals surface area contributed by atoms with Crippen LogP contribution in [0.5, 0.6) is 0 Å². The van der Waals surface area contributed by atoms with Gasteiger partial charge in [0.25, 0.3) is 0 Å². The van der Waals surface area contributed by atoms with Gasteiger partial charge in [-0.05, 0) is 24.8 Å². The van der Waals surface area contributed by atoms with Crippen molar-refractivity contribution in [2.24, 2.45) is 5.73 Å². The predicted octanol–water partition coefficient (Wildman–Crippen LogP) is 0.718. The van der Waals surface area contributed by atoms with Crippen molar-refractivity contribution in [3.05, 3.63) is 35.9 Å². The third-order valence-corrected chi connectivity index (χ3v) is 3.32. The quantitative estimate of drug-likeness (QED) is 0.718. The Hall–Kier alpha value is -1.39. The van der Waals surface area contributed by atoms with Crippen LogP contribution in [-0.2, 0) is 4.79 Å². The minimum Gasteiger partial charge on any atom is -0.388 e. The number of rotatable bonds is 4. The molecule has 4 heteroatoms. The van der Waals surface area contributed by atoms with Crippen LogP contribution in [0.15, 0.2) is 30.3 Å². The second kappa shape index (κ2) is 4.85. The van der Waals surface area contributed by atoms with Crippen LogP contribution in [0.1, 0.15) is 30.9 Å². The molecular weight excluding hydrogens is 216 g/mol. The summed E-state index contributed by atoms with van der Waals surface area (Å²) >= 11 is 0. The number of hydrogen-bond donors (Lipinski definition) is 3. The van der Waals surface area contributed by atoms with Gasteiger partial charge < -0.3 is 16.2 Å². The van der Waals surface area contributed by atoms with Crippen molar-refractivity contribution in [1.82, 2.24) is 5.32 Å². The summed E-state index contributed by atoms with van der Waals surface area (Å²) in [7, 11) is 0. The van der Waals surface area contributed by atoms with Gasteiger partial charge >= 0.3 is 0 Å². The van der Waals surface area contributed by atoms with Crippen molar-refractivity contribution in [2.75, 3.05) is 6.54 Å². The third kappa shape index (κ3) is 2.84.